The van der Waals surface area contributed by atoms with Gasteiger partial charge < -0.3 is 5.32 Å². The van der Waals surface area contributed by atoms with E-state index in [1.54, 1.807) is 18.7 Å². The summed E-state index contributed by atoms with van der Waals surface area (Å²) in [6, 6.07) is -0.128. The van der Waals surface area contributed by atoms with Gasteiger partial charge in [0.1, 0.15) is 0 Å². The molecule has 6 nitrogen and oxygen atoms in total. The highest BCUT2D eigenvalue weighted by Gasteiger charge is 2.26. The molecular weight excluding hydrogens is 252 g/mol. The van der Waals surface area contributed by atoms with Crippen LogP contribution in [-0.4, -0.2) is 47.5 Å². The van der Waals surface area contributed by atoms with Crippen molar-refractivity contribution in [2.45, 2.75) is 38.0 Å². The first-order valence-corrected chi connectivity index (χ1v) is 8.07. The molecule has 0 fully saturated rings. The van der Waals surface area contributed by atoms with Gasteiger partial charge in [-0.25, -0.2) is 8.42 Å². The van der Waals surface area contributed by atoms with Gasteiger partial charge in [0, 0.05) is 32.0 Å². The molecule has 1 aromatic rings. The van der Waals surface area contributed by atoms with Gasteiger partial charge in [-0.05, 0) is 19.9 Å². The second kappa shape index (κ2) is 6.29. The van der Waals surface area contributed by atoms with E-state index in [-0.39, 0.29) is 6.04 Å². The number of nitrogens with one attached hydrogen (secondary N) is 1. The number of sulfone groups is 1. The molecule has 1 N–H and O–H groups in total. The molecule has 1 rings (SSSR count). The van der Waals surface area contributed by atoms with Crippen LogP contribution in [0.15, 0.2) is 6.20 Å². The summed E-state index contributed by atoms with van der Waals surface area (Å²) < 4.78 is 24.9. The third kappa shape index (κ3) is 4.38. The zero-order valence-electron chi connectivity index (χ0n) is 11.4. The van der Waals surface area contributed by atoms with Crippen molar-refractivity contribution < 1.29 is 8.42 Å². The van der Waals surface area contributed by atoms with Gasteiger partial charge in [0.2, 0.25) is 0 Å². The quantitative estimate of drug-likeness (QED) is 0.766. The average Bonchev–Trinajstić information content (AvgIpc) is 2.68. The number of rotatable bonds is 7. The first-order chi connectivity index (χ1) is 8.34. The molecule has 0 radical (unpaired) electrons. The maximum Gasteiger partial charge on any atom is 0.151 e. The zero-order valence-corrected chi connectivity index (χ0v) is 12.2. The summed E-state index contributed by atoms with van der Waals surface area (Å²) in [5, 5.41) is 10.7. The number of aromatic nitrogens is 3. The molecule has 18 heavy (non-hydrogen) atoms. The van der Waals surface area contributed by atoms with Crippen molar-refractivity contribution in [2.75, 3.05) is 12.8 Å². The molecular formula is C11H22N4O2S. The molecule has 2 unspecified atom stereocenters. The van der Waals surface area contributed by atoms with Crippen LogP contribution in [0.4, 0.5) is 0 Å². The summed E-state index contributed by atoms with van der Waals surface area (Å²) in [6.45, 7) is 4.58. The van der Waals surface area contributed by atoms with Crippen molar-refractivity contribution in [3.8, 4) is 0 Å². The molecule has 2 atom stereocenters. The Hall–Kier alpha value is -0.950. The Morgan fingerprint density at radius 1 is 1.50 bits per heavy atom. The molecule has 0 saturated carbocycles. The Morgan fingerprint density at radius 3 is 2.61 bits per heavy atom. The fourth-order valence-electron chi connectivity index (χ4n) is 1.75. The topological polar surface area (TPSA) is 76.9 Å². The van der Waals surface area contributed by atoms with E-state index in [9.17, 15) is 8.42 Å². The third-order valence-corrected chi connectivity index (χ3v) is 4.66. The van der Waals surface area contributed by atoms with Gasteiger partial charge in [0.05, 0.1) is 10.9 Å². The van der Waals surface area contributed by atoms with E-state index in [0.29, 0.717) is 6.42 Å². The van der Waals surface area contributed by atoms with Crippen molar-refractivity contribution in [1.29, 1.82) is 0 Å². The minimum absolute atomic E-state index is 0.128. The van der Waals surface area contributed by atoms with Gasteiger partial charge in [-0.15, -0.1) is 5.10 Å². The molecule has 0 amide bonds. The Labute approximate surface area is 109 Å². The largest absolute Gasteiger partial charge is 0.312 e. The Bertz CT molecular complexity index is 469. The van der Waals surface area contributed by atoms with E-state index in [4.69, 9.17) is 0 Å². The predicted octanol–water partition coefficient (Wildman–Crippen LogP) is 0.159. The van der Waals surface area contributed by atoms with E-state index in [1.165, 1.54) is 6.26 Å². The average molecular weight is 274 g/mol. The van der Waals surface area contributed by atoms with Gasteiger partial charge in [-0.1, -0.05) is 12.1 Å². The van der Waals surface area contributed by atoms with Crippen molar-refractivity contribution in [1.82, 2.24) is 20.3 Å². The standard InChI is InChI=1S/C11H22N4O2S/c1-5-6-12-11(9(2)18(4,16)17)7-10-8-15(3)14-13-10/h8-9,11-12H,5-7H2,1-4H3. The van der Waals surface area contributed by atoms with Gasteiger partial charge in [-0.2, -0.15) is 0 Å². The second-order valence-corrected chi connectivity index (χ2v) is 7.09. The maximum absolute atomic E-state index is 11.7. The molecule has 0 aliphatic heterocycles. The third-order valence-electron chi connectivity index (χ3n) is 2.98. The molecule has 0 aromatic carbocycles. The fraction of sp³-hybridized carbons (Fsp3) is 0.818. The van der Waals surface area contributed by atoms with Crippen LogP contribution < -0.4 is 5.32 Å². The molecule has 0 saturated heterocycles. The van der Waals surface area contributed by atoms with E-state index in [2.05, 4.69) is 22.6 Å². The van der Waals surface area contributed by atoms with Crippen LogP contribution in [0.1, 0.15) is 26.0 Å². The molecule has 7 heteroatoms. The first kappa shape index (κ1) is 15.1. The molecule has 0 bridgehead atoms. The lowest BCUT2D eigenvalue weighted by atomic mass is 10.1. The summed E-state index contributed by atoms with van der Waals surface area (Å²) in [4.78, 5) is 0. The summed E-state index contributed by atoms with van der Waals surface area (Å²) >= 11 is 0. The highest BCUT2D eigenvalue weighted by Crippen LogP contribution is 2.10. The predicted molar refractivity (Wildman–Crippen MR) is 71.1 cm³/mol. The SMILES string of the molecule is CCCNC(Cc1cn(C)nn1)C(C)S(C)(=O)=O. The van der Waals surface area contributed by atoms with E-state index in [1.807, 2.05) is 6.20 Å². The van der Waals surface area contributed by atoms with Crippen LogP contribution in [-0.2, 0) is 23.3 Å². The highest BCUT2D eigenvalue weighted by atomic mass is 32.2. The van der Waals surface area contributed by atoms with Crippen LogP contribution in [0.25, 0.3) is 0 Å². The zero-order chi connectivity index (χ0) is 13.8. The van der Waals surface area contributed by atoms with Crippen LogP contribution in [0.5, 0.6) is 0 Å². The summed E-state index contributed by atoms with van der Waals surface area (Å²) in [7, 11) is -1.27. The summed E-state index contributed by atoms with van der Waals surface area (Å²) in [5.41, 5.74) is 0.807. The van der Waals surface area contributed by atoms with Crippen LogP contribution in [0, 0.1) is 0 Å². The van der Waals surface area contributed by atoms with Gasteiger partial charge in [0.25, 0.3) is 0 Å². The molecule has 0 aliphatic rings. The van der Waals surface area contributed by atoms with Crippen molar-refractivity contribution in [2.24, 2.45) is 7.05 Å². The molecule has 104 valence electrons. The maximum atomic E-state index is 11.7. The van der Waals surface area contributed by atoms with Crippen LogP contribution in [0.2, 0.25) is 0 Å². The van der Waals surface area contributed by atoms with Crippen molar-refractivity contribution >= 4 is 9.84 Å². The van der Waals surface area contributed by atoms with E-state index >= 15 is 0 Å². The Morgan fingerprint density at radius 2 is 2.17 bits per heavy atom. The lowest BCUT2D eigenvalue weighted by Gasteiger charge is -2.23. The Balaban J connectivity index is 2.78. The lowest BCUT2D eigenvalue weighted by Crippen LogP contribution is -2.44. The number of hydrogen-bond acceptors (Lipinski definition) is 5. The Kier molecular flexibility index (Phi) is 5.28. The molecule has 0 aliphatic carbocycles. The monoisotopic (exact) mass is 274 g/mol. The smallest absolute Gasteiger partial charge is 0.151 e. The number of hydrogen-bond donors (Lipinski definition) is 1. The number of nitrogens with zero attached hydrogens (tertiary/aromatic N) is 3. The van der Waals surface area contributed by atoms with E-state index < -0.39 is 15.1 Å². The fourth-order valence-corrected chi connectivity index (χ4v) is 2.54. The molecule has 0 spiro atoms. The van der Waals surface area contributed by atoms with Crippen LogP contribution >= 0.6 is 0 Å². The number of aryl methyl sites for hydroxylation is 1. The van der Waals surface area contributed by atoms with Gasteiger partial charge in [0.15, 0.2) is 9.84 Å². The molecule has 1 aromatic heterocycles. The minimum Gasteiger partial charge on any atom is -0.312 e. The summed E-state index contributed by atoms with van der Waals surface area (Å²) in [5.74, 6) is 0. The van der Waals surface area contributed by atoms with E-state index in [0.717, 1.165) is 18.7 Å². The normalized spacial score (nSPS) is 15.6. The lowest BCUT2D eigenvalue weighted by molar-refractivity contribution is 0.478. The van der Waals surface area contributed by atoms with Crippen molar-refractivity contribution in [3.63, 3.8) is 0 Å². The minimum atomic E-state index is -3.06. The van der Waals surface area contributed by atoms with Gasteiger partial charge >= 0.3 is 0 Å². The second-order valence-electron chi connectivity index (χ2n) is 4.68. The highest BCUT2D eigenvalue weighted by molar-refractivity contribution is 7.91. The van der Waals surface area contributed by atoms with Gasteiger partial charge in [-0.3, -0.25) is 4.68 Å². The summed E-state index contributed by atoms with van der Waals surface area (Å²) in [6.07, 6.45) is 4.63. The molecule has 1 heterocycles. The van der Waals surface area contributed by atoms with Crippen molar-refractivity contribution in [3.05, 3.63) is 11.9 Å². The first-order valence-electron chi connectivity index (χ1n) is 6.12. The van der Waals surface area contributed by atoms with Crippen LogP contribution in [0.3, 0.4) is 0 Å².